The van der Waals surface area contributed by atoms with Crippen LogP contribution in [0.2, 0.25) is 0 Å². The zero-order chi connectivity index (χ0) is 16.5. The Labute approximate surface area is 133 Å². The van der Waals surface area contributed by atoms with Gasteiger partial charge in [-0.2, -0.15) is 0 Å². The first kappa shape index (κ1) is 17.2. The third-order valence-electron chi connectivity index (χ3n) is 6.28. The summed E-state index contributed by atoms with van der Waals surface area (Å²) in [6.45, 7) is 5.73. The SMILES string of the molecule is COC(=O)[C@@]1(C)CCC[C@@]2(C)[C@H]1CCC(=O)[C@@H]2CCC(C)=O. The topological polar surface area (TPSA) is 60.4 Å². The Bertz CT molecular complexity index is 483. The van der Waals surface area contributed by atoms with E-state index in [0.29, 0.717) is 19.3 Å². The smallest absolute Gasteiger partial charge is 0.311 e. The van der Waals surface area contributed by atoms with E-state index < -0.39 is 5.41 Å². The molecule has 4 nitrogen and oxygen atoms in total. The lowest BCUT2D eigenvalue weighted by atomic mass is 9.47. The Morgan fingerprint density at radius 1 is 1.27 bits per heavy atom. The van der Waals surface area contributed by atoms with Gasteiger partial charge in [0.25, 0.3) is 0 Å². The first-order valence-corrected chi connectivity index (χ1v) is 8.36. The molecule has 0 spiro atoms. The molecule has 0 aromatic carbocycles. The second kappa shape index (κ2) is 6.13. The zero-order valence-electron chi connectivity index (χ0n) is 14.2. The molecule has 0 aromatic rings. The highest BCUT2D eigenvalue weighted by molar-refractivity contribution is 5.85. The van der Waals surface area contributed by atoms with Crippen molar-refractivity contribution in [3.63, 3.8) is 0 Å². The summed E-state index contributed by atoms with van der Waals surface area (Å²) in [5.41, 5.74) is -0.692. The van der Waals surface area contributed by atoms with Crippen LogP contribution < -0.4 is 0 Å². The molecule has 0 aliphatic heterocycles. The van der Waals surface area contributed by atoms with E-state index >= 15 is 0 Å². The normalized spacial score (nSPS) is 38.3. The van der Waals surface area contributed by atoms with Gasteiger partial charge < -0.3 is 9.53 Å². The molecule has 2 fully saturated rings. The lowest BCUT2D eigenvalue weighted by Crippen LogP contribution is -2.55. The fourth-order valence-corrected chi connectivity index (χ4v) is 5.12. The van der Waals surface area contributed by atoms with E-state index in [2.05, 4.69) is 6.92 Å². The van der Waals surface area contributed by atoms with Gasteiger partial charge in [-0.25, -0.2) is 0 Å². The fourth-order valence-electron chi connectivity index (χ4n) is 5.12. The Morgan fingerprint density at radius 3 is 2.55 bits per heavy atom. The number of hydrogen-bond acceptors (Lipinski definition) is 4. The summed E-state index contributed by atoms with van der Waals surface area (Å²) in [5.74, 6) is 0.317. The molecular weight excluding hydrogens is 280 g/mol. The van der Waals surface area contributed by atoms with Crippen LogP contribution in [0.5, 0.6) is 0 Å². The van der Waals surface area contributed by atoms with Crippen LogP contribution in [0.15, 0.2) is 0 Å². The Kier molecular flexibility index (Phi) is 4.78. The number of fused-ring (bicyclic) bond motifs is 1. The average Bonchev–Trinajstić information content (AvgIpc) is 2.44. The van der Waals surface area contributed by atoms with Gasteiger partial charge in [-0.15, -0.1) is 0 Å². The zero-order valence-corrected chi connectivity index (χ0v) is 14.2. The van der Waals surface area contributed by atoms with Gasteiger partial charge in [-0.3, -0.25) is 9.59 Å². The van der Waals surface area contributed by atoms with Crippen molar-refractivity contribution in [3.05, 3.63) is 0 Å². The number of methoxy groups -OCH3 is 1. The van der Waals surface area contributed by atoms with E-state index in [1.165, 1.54) is 7.11 Å². The first-order chi connectivity index (χ1) is 10.3. The number of Topliss-reactive ketones (excluding diaryl/α,β-unsaturated/α-hetero) is 2. The summed E-state index contributed by atoms with van der Waals surface area (Å²) >= 11 is 0. The van der Waals surface area contributed by atoms with E-state index in [-0.39, 0.29) is 34.8 Å². The highest BCUT2D eigenvalue weighted by Gasteiger charge is 2.58. The second-order valence-corrected chi connectivity index (χ2v) is 7.62. The summed E-state index contributed by atoms with van der Waals surface area (Å²) < 4.78 is 5.07. The molecule has 0 radical (unpaired) electrons. The molecule has 0 aromatic heterocycles. The molecule has 0 amide bonds. The maximum Gasteiger partial charge on any atom is 0.311 e. The van der Waals surface area contributed by atoms with Crippen LogP contribution in [-0.2, 0) is 19.1 Å². The van der Waals surface area contributed by atoms with Crippen LogP contribution in [-0.4, -0.2) is 24.6 Å². The van der Waals surface area contributed by atoms with Crippen LogP contribution in [0.4, 0.5) is 0 Å². The molecule has 2 saturated carbocycles. The number of carbonyl (C=O) groups excluding carboxylic acids is 3. The minimum absolute atomic E-state index is 0.0977. The monoisotopic (exact) mass is 308 g/mol. The van der Waals surface area contributed by atoms with E-state index in [1.54, 1.807) is 6.92 Å². The van der Waals surface area contributed by atoms with Crippen LogP contribution in [0.3, 0.4) is 0 Å². The van der Waals surface area contributed by atoms with Gasteiger partial charge in [0, 0.05) is 18.8 Å². The molecule has 4 heteroatoms. The summed E-state index contributed by atoms with van der Waals surface area (Å²) in [5, 5.41) is 0. The minimum atomic E-state index is -0.503. The van der Waals surface area contributed by atoms with Crippen LogP contribution >= 0.6 is 0 Å². The Hall–Kier alpha value is -1.19. The standard InChI is InChI=1S/C18H28O4/c1-12(19)6-7-13-14(20)8-9-15-17(13,2)10-5-11-18(15,3)16(21)22-4/h13,15H,5-11H2,1-4H3/t13-,15+,17+,18-/m0/s1. The van der Waals surface area contributed by atoms with Crippen molar-refractivity contribution < 1.29 is 19.1 Å². The number of rotatable bonds is 4. The minimum Gasteiger partial charge on any atom is -0.469 e. The van der Waals surface area contributed by atoms with Gasteiger partial charge >= 0.3 is 5.97 Å². The molecule has 4 atom stereocenters. The van der Waals surface area contributed by atoms with Crippen LogP contribution in [0.25, 0.3) is 0 Å². The second-order valence-electron chi connectivity index (χ2n) is 7.62. The predicted molar refractivity (Wildman–Crippen MR) is 83.2 cm³/mol. The van der Waals surface area contributed by atoms with Crippen LogP contribution in [0, 0.1) is 22.7 Å². The molecule has 2 rings (SSSR count). The number of esters is 1. The highest BCUT2D eigenvalue weighted by Crippen LogP contribution is 2.60. The van der Waals surface area contributed by atoms with Crippen molar-refractivity contribution in [2.24, 2.45) is 22.7 Å². The predicted octanol–water partition coefficient (Wildman–Crippen LogP) is 3.32. The van der Waals surface area contributed by atoms with Crippen molar-refractivity contribution in [3.8, 4) is 0 Å². The maximum atomic E-state index is 12.5. The maximum absolute atomic E-state index is 12.5. The fraction of sp³-hybridized carbons (Fsp3) is 0.833. The van der Waals surface area contributed by atoms with Crippen molar-refractivity contribution >= 4 is 17.5 Å². The van der Waals surface area contributed by atoms with Crippen LogP contribution in [0.1, 0.15) is 65.7 Å². The lowest BCUT2D eigenvalue weighted by molar-refractivity contribution is -0.173. The van der Waals surface area contributed by atoms with Gasteiger partial charge in [0.05, 0.1) is 12.5 Å². The molecule has 0 N–H and O–H groups in total. The summed E-state index contributed by atoms with van der Waals surface area (Å²) in [6.07, 6.45) is 5.08. The van der Waals surface area contributed by atoms with Crippen molar-refractivity contribution in [2.75, 3.05) is 7.11 Å². The molecule has 0 unspecified atom stereocenters. The molecular formula is C18H28O4. The van der Waals surface area contributed by atoms with E-state index in [4.69, 9.17) is 4.74 Å². The van der Waals surface area contributed by atoms with Crippen molar-refractivity contribution in [1.29, 1.82) is 0 Å². The highest BCUT2D eigenvalue weighted by atomic mass is 16.5. The van der Waals surface area contributed by atoms with Gasteiger partial charge in [0.1, 0.15) is 11.6 Å². The van der Waals surface area contributed by atoms with Gasteiger partial charge in [0.15, 0.2) is 0 Å². The van der Waals surface area contributed by atoms with Gasteiger partial charge in [0.2, 0.25) is 0 Å². The third kappa shape index (κ3) is 2.72. The van der Waals surface area contributed by atoms with E-state index in [9.17, 15) is 14.4 Å². The molecule has 22 heavy (non-hydrogen) atoms. The number of hydrogen-bond donors (Lipinski definition) is 0. The Balaban J connectivity index is 2.33. The van der Waals surface area contributed by atoms with Crippen molar-refractivity contribution in [2.45, 2.75) is 65.7 Å². The first-order valence-electron chi connectivity index (χ1n) is 8.36. The average molecular weight is 308 g/mol. The molecule has 124 valence electrons. The number of ketones is 2. The number of carbonyl (C=O) groups is 3. The van der Waals surface area contributed by atoms with E-state index in [0.717, 1.165) is 25.7 Å². The summed E-state index contributed by atoms with van der Waals surface area (Å²) in [7, 11) is 1.45. The molecule has 2 aliphatic rings. The van der Waals surface area contributed by atoms with Crippen molar-refractivity contribution in [1.82, 2.24) is 0 Å². The van der Waals surface area contributed by atoms with Gasteiger partial charge in [-0.1, -0.05) is 13.3 Å². The molecule has 0 heterocycles. The number of ether oxygens (including phenoxy) is 1. The Morgan fingerprint density at radius 2 is 1.95 bits per heavy atom. The van der Waals surface area contributed by atoms with Gasteiger partial charge in [-0.05, 0) is 50.9 Å². The molecule has 2 aliphatic carbocycles. The molecule has 0 saturated heterocycles. The largest absolute Gasteiger partial charge is 0.469 e. The van der Waals surface area contributed by atoms with E-state index in [1.807, 2.05) is 6.92 Å². The molecule has 0 bridgehead atoms. The summed E-state index contributed by atoms with van der Waals surface area (Å²) in [6, 6.07) is 0. The lowest BCUT2D eigenvalue weighted by Gasteiger charge is -2.56. The third-order valence-corrected chi connectivity index (χ3v) is 6.28. The quantitative estimate of drug-likeness (QED) is 0.747. The summed E-state index contributed by atoms with van der Waals surface area (Å²) in [4.78, 5) is 36.2.